The Kier molecular flexibility index (Phi) is 2.10. The molecule has 0 N–H and O–H groups in total. The fourth-order valence-electron chi connectivity index (χ4n) is 1.91. The van der Waals surface area contributed by atoms with Crippen LogP contribution in [0.2, 0.25) is 5.02 Å². The van der Waals surface area contributed by atoms with Crippen molar-refractivity contribution in [1.82, 2.24) is 0 Å². The fraction of sp³-hybridized carbons (Fsp3) is 0.455. The van der Waals surface area contributed by atoms with E-state index in [1.807, 2.05) is 6.07 Å². The number of halogens is 1. The molecular weight excluding hydrogens is 168 g/mol. The average Bonchev–Trinajstić information content (AvgIpc) is 2.03. The van der Waals surface area contributed by atoms with E-state index in [1.54, 1.807) is 0 Å². The summed E-state index contributed by atoms with van der Waals surface area (Å²) in [5, 5.41) is 0.878. The standard InChI is InChI=1S/C11H13Cl/c1-8-2-3-9-4-5-11(12)7-10(9)6-8/h4-5,7-8H,2-3,6H2,1H3. The lowest BCUT2D eigenvalue weighted by molar-refractivity contribution is 0.501. The van der Waals surface area contributed by atoms with Gasteiger partial charge in [0.05, 0.1) is 0 Å². The summed E-state index contributed by atoms with van der Waals surface area (Å²) in [5.74, 6) is 0.830. The predicted octanol–water partition coefficient (Wildman–Crippen LogP) is 3.46. The van der Waals surface area contributed by atoms with E-state index in [9.17, 15) is 0 Å². The highest BCUT2D eigenvalue weighted by Gasteiger charge is 2.14. The summed E-state index contributed by atoms with van der Waals surface area (Å²) in [5.41, 5.74) is 2.96. The lowest BCUT2D eigenvalue weighted by Gasteiger charge is -2.21. The minimum atomic E-state index is 0.830. The van der Waals surface area contributed by atoms with E-state index in [2.05, 4.69) is 19.1 Å². The maximum Gasteiger partial charge on any atom is 0.0408 e. The van der Waals surface area contributed by atoms with Crippen LogP contribution in [0.1, 0.15) is 24.5 Å². The second-order valence-electron chi connectivity index (χ2n) is 3.76. The van der Waals surface area contributed by atoms with Gasteiger partial charge in [-0.25, -0.2) is 0 Å². The molecule has 0 nitrogen and oxygen atoms in total. The van der Waals surface area contributed by atoms with E-state index in [0.717, 1.165) is 10.9 Å². The monoisotopic (exact) mass is 180 g/mol. The molecule has 1 aromatic rings. The maximum atomic E-state index is 5.92. The summed E-state index contributed by atoms with van der Waals surface area (Å²) in [6.07, 6.45) is 3.76. The molecule has 1 unspecified atom stereocenters. The molecule has 0 spiro atoms. The molecule has 12 heavy (non-hydrogen) atoms. The van der Waals surface area contributed by atoms with Crippen molar-refractivity contribution in [2.24, 2.45) is 5.92 Å². The summed E-state index contributed by atoms with van der Waals surface area (Å²) in [7, 11) is 0. The first-order valence-electron chi connectivity index (χ1n) is 4.53. The van der Waals surface area contributed by atoms with Crippen LogP contribution >= 0.6 is 11.6 Å². The van der Waals surface area contributed by atoms with Gasteiger partial charge >= 0.3 is 0 Å². The van der Waals surface area contributed by atoms with Crippen LogP contribution in [0.25, 0.3) is 0 Å². The van der Waals surface area contributed by atoms with Gasteiger partial charge in [-0.1, -0.05) is 24.6 Å². The fourth-order valence-corrected chi connectivity index (χ4v) is 2.10. The molecule has 0 amide bonds. The van der Waals surface area contributed by atoms with Gasteiger partial charge in [0, 0.05) is 5.02 Å². The molecule has 1 heteroatoms. The number of fused-ring (bicyclic) bond motifs is 1. The normalized spacial score (nSPS) is 22.0. The molecule has 1 aliphatic rings. The van der Waals surface area contributed by atoms with Gasteiger partial charge in [-0.15, -0.1) is 0 Å². The highest BCUT2D eigenvalue weighted by molar-refractivity contribution is 6.30. The van der Waals surface area contributed by atoms with E-state index in [-0.39, 0.29) is 0 Å². The smallest absolute Gasteiger partial charge is 0.0408 e. The maximum absolute atomic E-state index is 5.92. The zero-order valence-electron chi connectivity index (χ0n) is 7.31. The van der Waals surface area contributed by atoms with E-state index in [4.69, 9.17) is 11.6 Å². The van der Waals surface area contributed by atoms with Gasteiger partial charge in [-0.2, -0.15) is 0 Å². The van der Waals surface area contributed by atoms with Gasteiger partial charge < -0.3 is 0 Å². The quantitative estimate of drug-likeness (QED) is 0.574. The number of benzene rings is 1. The molecule has 0 saturated carbocycles. The zero-order chi connectivity index (χ0) is 8.55. The third-order valence-electron chi connectivity index (χ3n) is 2.64. The van der Waals surface area contributed by atoms with Crippen LogP contribution in [-0.2, 0) is 12.8 Å². The molecular formula is C11H13Cl. The SMILES string of the molecule is CC1CCc2ccc(Cl)cc2C1. The van der Waals surface area contributed by atoms with Crippen molar-refractivity contribution in [3.05, 3.63) is 34.3 Å². The van der Waals surface area contributed by atoms with E-state index < -0.39 is 0 Å². The van der Waals surface area contributed by atoms with Gasteiger partial charge in [-0.3, -0.25) is 0 Å². The Bertz CT molecular complexity index is 291. The third kappa shape index (κ3) is 1.49. The minimum absolute atomic E-state index is 0.830. The van der Waals surface area contributed by atoms with Crippen molar-refractivity contribution in [3.8, 4) is 0 Å². The second kappa shape index (κ2) is 3.10. The van der Waals surface area contributed by atoms with Crippen molar-refractivity contribution in [2.45, 2.75) is 26.2 Å². The first-order chi connectivity index (χ1) is 5.75. The summed E-state index contributed by atoms with van der Waals surface area (Å²) >= 11 is 5.92. The van der Waals surface area contributed by atoms with Crippen molar-refractivity contribution < 1.29 is 0 Å². The van der Waals surface area contributed by atoms with Crippen LogP contribution in [0.4, 0.5) is 0 Å². The lowest BCUT2D eigenvalue weighted by atomic mass is 9.85. The molecule has 0 saturated heterocycles. The van der Waals surface area contributed by atoms with E-state index in [1.165, 1.54) is 30.4 Å². The van der Waals surface area contributed by atoms with Crippen LogP contribution < -0.4 is 0 Å². The molecule has 0 fully saturated rings. The van der Waals surface area contributed by atoms with Gasteiger partial charge in [0.1, 0.15) is 0 Å². The van der Waals surface area contributed by atoms with Crippen LogP contribution in [-0.4, -0.2) is 0 Å². The lowest BCUT2D eigenvalue weighted by Crippen LogP contribution is -2.10. The molecule has 0 bridgehead atoms. The van der Waals surface area contributed by atoms with Crippen LogP contribution in [0.3, 0.4) is 0 Å². The number of aryl methyl sites for hydroxylation is 1. The summed E-state index contributed by atoms with van der Waals surface area (Å²) in [4.78, 5) is 0. The number of rotatable bonds is 0. The summed E-state index contributed by atoms with van der Waals surface area (Å²) in [6.45, 7) is 2.31. The van der Waals surface area contributed by atoms with E-state index in [0.29, 0.717) is 0 Å². The molecule has 64 valence electrons. The third-order valence-corrected chi connectivity index (χ3v) is 2.88. The van der Waals surface area contributed by atoms with Crippen molar-refractivity contribution in [2.75, 3.05) is 0 Å². The number of hydrogen-bond donors (Lipinski definition) is 0. The predicted molar refractivity (Wildman–Crippen MR) is 52.6 cm³/mol. The summed E-state index contributed by atoms with van der Waals surface area (Å²) < 4.78 is 0. The van der Waals surface area contributed by atoms with Crippen LogP contribution in [0.5, 0.6) is 0 Å². The molecule has 1 aromatic carbocycles. The summed E-state index contributed by atoms with van der Waals surface area (Å²) in [6, 6.07) is 6.28. The topological polar surface area (TPSA) is 0 Å². The molecule has 0 radical (unpaired) electrons. The Labute approximate surface area is 78.6 Å². The van der Waals surface area contributed by atoms with Gasteiger partial charge in [0.25, 0.3) is 0 Å². The van der Waals surface area contributed by atoms with Gasteiger partial charge in [-0.05, 0) is 48.4 Å². The van der Waals surface area contributed by atoms with Crippen LogP contribution in [0.15, 0.2) is 18.2 Å². The highest BCUT2D eigenvalue weighted by Crippen LogP contribution is 2.27. The Morgan fingerprint density at radius 3 is 3.00 bits per heavy atom. The number of hydrogen-bond acceptors (Lipinski definition) is 0. The zero-order valence-corrected chi connectivity index (χ0v) is 8.06. The molecule has 0 aromatic heterocycles. The van der Waals surface area contributed by atoms with Crippen LogP contribution in [0, 0.1) is 5.92 Å². The molecule has 1 atom stereocenters. The van der Waals surface area contributed by atoms with Crippen molar-refractivity contribution in [3.63, 3.8) is 0 Å². The average molecular weight is 181 g/mol. The van der Waals surface area contributed by atoms with Crippen molar-refractivity contribution >= 4 is 11.6 Å². The van der Waals surface area contributed by atoms with Gasteiger partial charge in [0.2, 0.25) is 0 Å². The first-order valence-corrected chi connectivity index (χ1v) is 4.91. The Morgan fingerprint density at radius 2 is 2.17 bits per heavy atom. The minimum Gasteiger partial charge on any atom is -0.0843 e. The van der Waals surface area contributed by atoms with Crippen molar-refractivity contribution in [1.29, 1.82) is 0 Å². The van der Waals surface area contributed by atoms with E-state index >= 15 is 0 Å². The Hall–Kier alpha value is -0.490. The first kappa shape index (κ1) is 8.12. The molecule has 1 aliphatic carbocycles. The molecule has 0 heterocycles. The Balaban J connectivity index is 2.37. The largest absolute Gasteiger partial charge is 0.0843 e. The Morgan fingerprint density at radius 1 is 1.33 bits per heavy atom. The van der Waals surface area contributed by atoms with Gasteiger partial charge in [0.15, 0.2) is 0 Å². The highest BCUT2D eigenvalue weighted by atomic mass is 35.5. The second-order valence-corrected chi connectivity index (χ2v) is 4.20. The molecule has 0 aliphatic heterocycles. The molecule has 2 rings (SSSR count).